The number of amides is 1. The van der Waals surface area contributed by atoms with Gasteiger partial charge in [-0.25, -0.2) is 8.42 Å². The third kappa shape index (κ3) is 5.16. The minimum atomic E-state index is -3.99. The summed E-state index contributed by atoms with van der Waals surface area (Å²) in [5.74, 6) is -0.246. The highest BCUT2D eigenvalue weighted by atomic mass is 79.9. The Morgan fingerprint density at radius 1 is 1.33 bits per heavy atom. The molecule has 8 heteroatoms. The Morgan fingerprint density at radius 3 is 2.38 bits per heavy atom. The van der Waals surface area contributed by atoms with Crippen molar-refractivity contribution in [3.63, 3.8) is 0 Å². The molecule has 0 radical (unpaired) electrons. The second-order valence-electron chi connectivity index (χ2n) is 4.91. The largest absolute Gasteiger partial charge is 0.479 e. The molecule has 1 N–H and O–H groups in total. The molecule has 0 aliphatic rings. The minimum Gasteiger partial charge on any atom is -0.479 e. The summed E-state index contributed by atoms with van der Waals surface area (Å²) in [4.78, 5) is 11.7. The molecule has 0 spiro atoms. The summed E-state index contributed by atoms with van der Waals surface area (Å²) in [6, 6.07) is 3.00. The zero-order valence-corrected chi connectivity index (χ0v) is 15.3. The molecular formula is C13H17BrClNO4S. The zero-order valence-electron chi connectivity index (χ0n) is 12.1. The third-order valence-corrected chi connectivity index (χ3v) is 4.35. The van der Waals surface area contributed by atoms with Gasteiger partial charge in [-0.2, -0.15) is 0 Å². The van der Waals surface area contributed by atoms with Crippen molar-refractivity contribution in [1.82, 2.24) is 5.32 Å². The molecule has 1 rings (SSSR count). The molecule has 0 aliphatic heterocycles. The van der Waals surface area contributed by atoms with Crippen LogP contribution in [0.25, 0.3) is 0 Å². The van der Waals surface area contributed by atoms with E-state index >= 15 is 0 Å². The van der Waals surface area contributed by atoms with Gasteiger partial charge in [0, 0.05) is 21.2 Å². The molecule has 5 nitrogen and oxygen atoms in total. The van der Waals surface area contributed by atoms with Crippen LogP contribution in [0.4, 0.5) is 0 Å². The summed E-state index contributed by atoms with van der Waals surface area (Å²) in [7, 11) is 1.44. The summed E-state index contributed by atoms with van der Waals surface area (Å²) in [5, 5.41) is 2.70. The Labute approximate surface area is 137 Å². The maximum atomic E-state index is 11.9. The van der Waals surface area contributed by atoms with Crippen molar-refractivity contribution in [2.24, 2.45) is 0 Å². The molecule has 1 aromatic carbocycles. The molecule has 0 fully saturated rings. The van der Waals surface area contributed by atoms with E-state index < -0.39 is 15.2 Å². The smallest absolute Gasteiger partial charge is 0.265 e. The van der Waals surface area contributed by atoms with Crippen LogP contribution >= 0.6 is 26.6 Å². The highest BCUT2D eigenvalue weighted by Crippen LogP contribution is 2.34. The molecule has 1 amide bonds. The van der Waals surface area contributed by atoms with E-state index in [4.69, 9.17) is 15.4 Å². The first-order chi connectivity index (χ1) is 9.52. The molecule has 21 heavy (non-hydrogen) atoms. The first-order valence-corrected chi connectivity index (χ1v) is 9.34. The monoisotopic (exact) mass is 397 g/mol. The van der Waals surface area contributed by atoms with E-state index in [1.807, 2.05) is 13.8 Å². The van der Waals surface area contributed by atoms with Crippen LogP contribution in [-0.2, 0) is 13.8 Å². The van der Waals surface area contributed by atoms with Gasteiger partial charge in [-0.05, 0) is 45.4 Å². The zero-order chi connectivity index (χ0) is 16.4. The summed E-state index contributed by atoms with van der Waals surface area (Å²) in [6.45, 7) is 6.87. The number of carbonyl (C=O) groups is 1. The SMILES string of the molecule is Cc1cc(Br)cc(S(=O)(=O)Cl)c1OC(C)C(=O)NC(C)C. The van der Waals surface area contributed by atoms with Crippen molar-refractivity contribution in [3.8, 4) is 5.75 Å². The molecule has 0 saturated carbocycles. The molecule has 118 valence electrons. The number of benzene rings is 1. The first-order valence-electron chi connectivity index (χ1n) is 6.24. The molecule has 0 aliphatic carbocycles. The lowest BCUT2D eigenvalue weighted by atomic mass is 10.2. The lowest BCUT2D eigenvalue weighted by Crippen LogP contribution is -2.40. The topological polar surface area (TPSA) is 72.5 Å². The van der Waals surface area contributed by atoms with Gasteiger partial charge in [-0.15, -0.1) is 0 Å². The maximum Gasteiger partial charge on any atom is 0.265 e. The van der Waals surface area contributed by atoms with Gasteiger partial charge >= 0.3 is 0 Å². The van der Waals surface area contributed by atoms with Crippen molar-refractivity contribution < 1.29 is 17.9 Å². The Kier molecular flexibility index (Phi) is 6.07. The van der Waals surface area contributed by atoms with Crippen LogP contribution in [0.15, 0.2) is 21.5 Å². The van der Waals surface area contributed by atoms with Crippen molar-refractivity contribution in [1.29, 1.82) is 0 Å². The highest BCUT2D eigenvalue weighted by molar-refractivity contribution is 9.10. The molecule has 0 aromatic heterocycles. The Hall–Kier alpha value is -0.790. The number of halogens is 2. The predicted molar refractivity (Wildman–Crippen MR) is 85.3 cm³/mol. The van der Waals surface area contributed by atoms with Crippen molar-refractivity contribution in [2.75, 3.05) is 0 Å². The molecule has 1 aromatic rings. The normalized spacial score (nSPS) is 13.1. The maximum absolute atomic E-state index is 11.9. The van der Waals surface area contributed by atoms with Gasteiger partial charge in [0.15, 0.2) is 6.10 Å². The van der Waals surface area contributed by atoms with Crippen LogP contribution in [0.2, 0.25) is 0 Å². The number of aryl methyl sites for hydroxylation is 1. The minimum absolute atomic E-state index is 0.0363. The summed E-state index contributed by atoms with van der Waals surface area (Å²) in [6.07, 6.45) is -0.843. The van der Waals surface area contributed by atoms with Gasteiger partial charge in [-0.1, -0.05) is 15.9 Å². The number of hydrogen-bond acceptors (Lipinski definition) is 4. The van der Waals surface area contributed by atoms with Gasteiger partial charge in [0.1, 0.15) is 10.6 Å². The molecular weight excluding hydrogens is 382 g/mol. The van der Waals surface area contributed by atoms with Gasteiger partial charge in [0.25, 0.3) is 15.0 Å². The van der Waals surface area contributed by atoms with E-state index in [1.54, 1.807) is 19.9 Å². The standard InChI is InChI=1S/C13H17BrClNO4S/c1-7(2)16-13(17)9(4)20-12-8(3)5-10(14)6-11(12)21(15,18)19/h5-7,9H,1-4H3,(H,16,17). The summed E-state index contributed by atoms with van der Waals surface area (Å²) >= 11 is 3.21. The Morgan fingerprint density at radius 2 is 1.90 bits per heavy atom. The fraction of sp³-hybridized carbons (Fsp3) is 0.462. The quantitative estimate of drug-likeness (QED) is 0.774. The predicted octanol–water partition coefficient (Wildman–Crippen LogP) is 2.98. The Balaban J connectivity index is 3.17. The van der Waals surface area contributed by atoms with E-state index in [-0.39, 0.29) is 22.6 Å². The average Bonchev–Trinajstić information content (AvgIpc) is 2.29. The van der Waals surface area contributed by atoms with Crippen LogP contribution in [0, 0.1) is 6.92 Å². The van der Waals surface area contributed by atoms with Crippen LogP contribution in [0.1, 0.15) is 26.3 Å². The van der Waals surface area contributed by atoms with Crippen LogP contribution in [0.5, 0.6) is 5.75 Å². The molecule has 0 bridgehead atoms. The fourth-order valence-corrected chi connectivity index (χ4v) is 3.43. The van der Waals surface area contributed by atoms with Gasteiger partial charge in [0.05, 0.1) is 0 Å². The van der Waals surface area contributed by atoms with E-state index in [2.05, 4.69) is 21.2 Å². The van der Waals surface area contributed by atoms with Crippen LogP contribution in [0.3, 0.4) is 0 Å². The first kappa shape index (κ1) is 18.3. The van der Waals surface area contributed by atoms with E-state index in [0.29, 0.717) is 10.0 Å². The van der Waals surface area contributed by atoms with E-state index in [0.717, 1.165) is 0 Å². The lowest BCUT2D eigenvalue weighted by molar-refractivity contribution is -0.127. The summed E-state index contributed by atoms with van der Waals surface area (Å²) < 4.78 is 29.4. The highest BCUT2D eigenvalue weighted by Gasteiger charge is 2.24. The third-order valence-electron chi connectivity index (χ3n) is 2.56. The molecule has 1 unspecified atom stereocenters. The average molecular weight is 399 g/mol. The van der Waals surface area contributed by atoms with Crippen molar-refractivity contribution >= 4 is 41.6 Å². The summed E-state index contributed by atoms with van der Waals surface area (Å²) in [5.41, 5.74) is 0.563. The number of hydrogen-bond donors (Lipinski definition) is 1. The lowest BCUT2D eigenvalue weighted by Gasteiger charge is -2.19. The van der Waals surface area contributed by atoms with E-state index in [1.165, 1.54) is 6.07 Å². The second-order valence-corrected chi connectivity index (χ2v) is 8.36. The fourth-order valence-electron chi connectivity index (χ4n) is 1.66. The number of ether oxygens (including phenoxy) is 1. The van der Waals surface area contributed by atoms with Crippen molar-refractivity contribution in [3.05, 3.63) is 22.2 Å². The molecule has 1 atom stereocenters. The molecule has 0 saturated heterocycles. The Bertz CT molecular complexity index is 646. The van der Waals surface area contributed by atoms with Gasteiger partial charge < -0.3 is 10.1 Å². The van der Waals surface area contributed by atoms with Crippen LogP contribution in [-0.4, -0.2) is 26.5 Å². The second kappa shape index (κ2) is 6.98. The van der Waals surface area contributed by atoms with E-state index in [9.17, 15) is 13.2 Å². The number of carbonyl (C=O) groups excluding carboxylic acids is 1. The molecule has 0 heterocycles. The number of rotatable bonds is 5. The number of nitrogens with one attached hydrogen (secondary N) is 1. The van der Waals surface area contributed by atoms with Gasteiger partial charge in [0.2, 0.25) is 0 Å². The van der Waals surface area contributed by atoms with Crippen molar-refractivity contribution in [2.45, 2.75) is 44.7 Å². The van der Waals surface area contributed by atoms with Crippen LogP contribution < -0.4 is 10.1 Å². The van der Waals surface area contributed by atoms with Gasteiger partial charge in [-0.3, -0.25) is 4.79 Å².